The fraction of sp³-hybridized carbons (Fsp3) is 0.545. The molecule has 2 unspecified atom stereocenters. The molecule has 2 aliphatic heterocycles. The molecule has 2 aliphatic rings. The van der Waals surface area contributed by atoms with Crippen LogP contribution < -0.4 is 11.1 Å². The third-order valence-corrected chi connectivity index (χ3v) is 6.82. The Kier molecular flexibility index (Phi) is 6.35. The molecule has 0 aliphatic carbocycles. The van der Waals surface area contributed by atoms with E-state index in [2.05, 4.69) is 15.2 Å². The average molecular weight is 417 g/mol. The van der Waals surface area contributed by atoms with E-state index in [9.17, 15) is 4.79 Å². The summed E-state index contributed by atoms with van der Waals surface area (Å²) in [6.45, 7) is 4.78. The minimum atomic E-state index is -0.610. The Hall–Kier alpha value is -1.73. The molecule has 7 heteroatoms. The van der Waals surface area contributed by atoms with Crippen molar-refractivity contribution in [3.63, 3.8) is 0 Å². The molecule has 3 heterocycles. The maximum atomic E-state index is 12.8. The van der Waals surface area contributed by atoms with Crippen molar-refractivity contribution in [2.45, 2.75) is 30.2 Å². The van der Waals surface area contributed by atoms with Gasteiger partial charge < -0.3 is 20.7 Å². The lowest BCUT2D eigenvalue weighted by Crippen LogP contribution is -2.63. The Bertz CT molecular complexity index is 852. The molecule has 2 fully saturated rings. The molecule has 0 saturated carbocycles. The zero-order valence-electron chi connectivity index (χ0n) is 16.6. The first-order valence-electron chi connectivity index (χ1n) is 10.4. The van der Waals surface area contributed by atoms with Gasteiger partial charge in [0.15, 0.2) is 0 Å². The number of nitrogens with two attached hydrogens (primary N) is 1. The number of aromatic nitrogens is 1. The average Bonchev–Trinajstić information content (AvgIpc) is 2.75. The lowest BCUT2D eigenvalue weighted by atomic mass is 9.87. The summed E-state index contributed by atoms with van der Waals surface area (Å²) in [7, 11) is 0. The number of rotatable bonds is 5. The molecule has 156 valence electrons. The fourth-order valence-corrected chi connectivity index (χ4v) is 4.69. The Morgan fingerprint density at radius 2 is 2.10 bits per heavy atom. The summed E-state index contributed by atoms with van der Waals surface area (Å²) in [5.41, 5.74) is 7.28. The van der Waals surface area contributed by atoms with E-state index in [0.717, 1.165) is 57.5 Å². The maximum Gasteiger partial charge on any atom is 0.253 e. The van der Waals surface area contributed by atoms with Gasteiger partial charge in [-0.2, -0.15) is 0 Å². The number of carbonyl (C=O) groups excluding carboxylic acids is 1. The van der Waals surface area contributed by atoms with Crippen molar-refractivity contribution in [1.29, 1.82) is 0 Å². The summed E-state index contributed by atoms with van der Waals surface area (Å²) in [5, 5.41) is 3.74. The molecule has 4 rings (SSSR count). The van der Waals surface area contributed by atoms with Crippen molar-refractivity contribution in [1.82, 2.24) is 15.2 Å². The molecule has 0 bridgehead atoms. The number of para-hydroxylation sites is 1. The number of fused-ring (bicyclic) bond motifs is 1. The molecule has 3 N–H and O–H groups in total. The van der Waals surface area contributed by atoms with Gasteiger partial charge in [-0.25, -0.2) is 0 Å². The van der Waals surface area contributed by atoms with Gasteiger partial charge in [0, 0.05) is 51.0 Å². The van der Waals surface area contributed by atoms with Crippen LogP contribution in [0.2, 0.25) is 0 Å². The van der Waals surface area contributed by atoms with E-state index in [1.807, 2.05) is 24.3 Å². The third kappa shape index (κ3) is 4.72. The van der Waals surface area contributed by atoms with E-state index in [0.29, 0.717) is 23.5 Å². The number of nitrogens with zero attached hydrogens (tertiary/aromatic N) is 2. The van der Waals surface area contributed by atoms with Crippen LogP contribution in [0.4, 0.5) is 0 Å². The van der Waals surface area contributed by atoms with Crippen LogP contribution in [0.5, 0.6) is 0 Å². The van der Waals surface area contributed by atoms with Crippen LogP contribution in [0.15, 0.2) is 36.5 Å². The van der Waals surface area contributed by atoms with Crippen molar-refractivity contribution >= 4 is 28.4 Å². The number of amides is 1. The van der Waals surface area contributed by atoms with Crippen molar-refractivity contribution in [3.05, 3.63) is 42.1 Å². The number of ether oxygens (including phenoxy) is 1. The van der Waals surface area contributed by atoms with E-state index in [-0.39, 0.29) is 11.3 Å². The number of nitrogens with one attached hydrogen (secondary N) is 1. The van der Waals surface area contributed by atoms with Gasteiger partial charge in [0.25, 0.3) is 5.91 Å². The monoisotopic (exact) mass is 416 g/mol. The van der Waals surface area contributed by atoms with Crippen LogP contribution in [-0.4, -0.2) is 66.1 Å². The van der Waals surface area contributed by atoms with E-state index in [4.69, 9.17) is 22.1 Å². The predicted molar refractivity (Wildman–Crippen MR) is 115 cm³/mol. The topological polar surface area (TPSA) is 80.5 Å². The number of benzene rings is 1. The highest BCUT2D eigenvalue weighted by atomic mass is 35.5. The number of alkyl halides is 1. The number of carbonyl (C=O) groups is 1. The van der Waals surface area contributed by atoms with E-state index in [1.54, 1.807) is 12.3 Å². The summed E-state index contributed by atoms with van der Waals surface area (Å²) in [4.78, 5) is 19.6. The first kappa shape index (κ1) is 20.5. The van der Waals surface area contributed by atoms with Crippen molar-refractivity contribution in [3.8, 4) is 0 Å². The van der Waals surface area contributed by atoms with Crippen molar-refractivity contribution in [2.24, 2.45) is 11.7 Å². The fourth-order valence-electron chi connectivity index (χ4n) is 4.31. The summed E-state index contributed by atoms with van der Waals surface area (Å²) >= 11 is 6.71. The standard InChI is InChI=1S/C22H29ClN4O2/c23-19-14-27(13-16-6-11-29-12-7-16)10-8-22(19,24)15-26-21(28)18-5-1-3-17-4-2-9-25-20(17)18/h1-5,9,16,19H,6-8,10-15,24H2,(H,26,28). The van der Waals surface area contributed by atoms with Crippen LogP contribution in [-0.2, 0) is 4.74 Å². The number of hydrogen-bond donors (Lipinski definition) is 2. The second-order valence-electron chi connectivity index (χ2n) is 8.33. The molecule has 29 heavy (non-hydrogen) atoms. The smallest absolute Gasteiger partial charge is 0.253 e. The molecule has 2 aromatic rings. The molecule has 1 aromatic carbocycles. The van der Waals surface area contributed by atoms with Gasteiger partial charge in [-0.15, -0.1) is 11.6 Å². The second-order valence-corrected chi connectivity index (χ2v) is 8.86. The molecule has 0 radical (unpaired) electrons. The molecule has 2 saturated heterocycles. The van der Waals surface area contributed by atoms with Crippen LogP contribution in [0.3, 0.4) is 0 Å². The lowest BCUT2D eigenvalue weighted by Gasteiger charge is -2.44. The van der Waals surface area contributed by atoms with Gasteiger partial charge >= 0.3 is 0 Å². The van der Waals surface area contributed by atoms with Gasteiger partial charge in [-0.3, -0.25) is 9.78 Å². The largest absolute Gasteiger partial charge is 0.381 e. The minimum absolute atomic E-state index is 0.160. The van der Waals surface area contributed by atoms with E-state index < -0.39 is 5.54 Å². The van der Waals surface area contributed by atoms with Crippen LogP contribution in [0, 0.1) is 5.92 Å². The zero-order chi connectivity index (χ0) is 20.3. The highest BCUT2D eigenvalue weighted by Gasteiger charge is 2.39. The Labute approximate surface area is 176 Å². The number of piperidine rings is 1. The predicted octanol–water partition coefficient (Wildman–Crippen LogP) is 2.40. The Morgan fingerprint density at radius 1 is 1.31 bits per heavy atom. The van der Waals surface area contributed by atoms with Gasteiger partial charge in [0.05, 0.1) is 22.0 Å². The Balaban J connectivity index is 1.34. The highest BCUT2D eigenvalue weighted by Crippen LogP contribution is 2.27. The van der Waals surface area contributed by atoms with Crippen LogP contribution in [0.1, 0.15) is 29.6 Å². The maximum absolute atomic E-state index is 12.8. The molecular formula is C22H29ClN4O2. The molecule has 6 nitrogen and oxygen atoms in total. The summed E-state index contributed by atoms with van der Waals surface area (Å²) in [5.74, 6) is 0.518. The van der Waals surface area contributed by atoms with Crippen LogP contribution >= 0.6 is 11.6 Å². The SMILES string of the molecule is NC1(CNC(=O)c2cccc3cccnc23)CCN(CC2CCOCC2)CC1Cl. The summed E-state index contributed by atoms with van der Waals surface area (Å²) < 4.78 is 5.45. The number of halogens is 1. The molecular weight excluding hydrogens is 388 g/mol. The van der Waals surface area contributed by atoms with Crippen molar-refractivity contribution < 1.29 is 9.53 Å². The first-order valence-corrected chi connectivity index (χ1v) is 10.8. The second kappa shape index (κ2) is 8.96. The first-order chi connectivity index (χ1) is 14.0. The zero-order valence-corrected chi connectivity index (χ0v) is 17.4. The minimum Gasteiger partial charge on any atom is -0.381 e. The third-order valence-electron chi connectivity index (χ3n) is 6.25. The molecule has 1 aromatic heterocycles. The number of likely N-dealkylation sites (tertiary alicyclic amines) is 1. The van der Waals surface area contributed by atoms with Gasteiger partial charge in [-0.1, -0.05) is 18.2 Å². The normalized spacial score (nSPS) is 26.5. The van der Waals surface area contributed by atoms with Gasteiger partial charge in [0.2, 0.25) is 0 Å². The quantitative estimate of drug-likeness (QED) is 0.731. The lowest BCUT2D eigenvalue weighted by molar-refractivity contribution is 0.0455. The van der Waals surface area contributed by atoms with E-state index in [1.165, 1.54) is 0 Å². The Morgan fingerprint density at radius 3 is 2.90 bits per heavy atom. The summed E-state index contributed by atoms with van der Waals surface area (Å²) in [6, 6.07) is 9.43. The number of hydrogen-bond acceptors (Lipinski definition) is 5. The van der Waals surface area contributed by atoms with Crippen LogP contribution in [0.25, 0.3) is 10.9 Å². The van der Waals surface area contributed by atoms with Gasteiger partial charge in [0.1, 0.15) is 0 Å². The van der Waals surface area contributed by atoms with Gasteiger partial charge in [-0.05, 0) is 37.3 Å². The highest BCUT2D eigenvalue weighted by molar-refractivity contribution is 6.21. The van der Waals surface area contributed by atoms with Crippen molar-refractivity contribution in [2.75, 3.05) is 39.4 Å². The molecule has 0 spiro atoms. The van der Waals surface area contributed by atoms with E-state index >= 15 is 0 Å². The molecule has 1 amide bonds. The molecule has 2 atom stereocenters. The summed E-state index contributed by atoms with van der Waals surface area (Å²) in [6.07, 6.45) is 4.70. The number of pyridine rings is 1.